The van der Waals surface area contributed by atoms with Crippen molar-refractivity contribution in [1.29, 1.82) is 0 Å². The monoisotopic (exact) mass is 168 g/mol. The van der Waals surface area contributed by atoms with Crippen LogP contribution in [0, 0.1) is 5.92 Å². The maximum Gasteiger partial charge on any atom is 0.0194 e. The van der Waals surface area contributed by atoms with E-state index in [9.17, 15) is 0 Å². The Labute approximate surface area is 75.4 Å². The molecule has 1 aliphatic heterocycles. The van der Waals surface area contributed by atoms with Crippen LogP contribution in [0.5, 0.6) is 0 Å². The van der Waals surface area contributed by atoms with Crippen LogP contribution in [0.2, 0.25) is 0 Å². The largest absolute Gasteiger partial charge is 0.325 e. The van der Waals surface area contributed by atoms with Crippen LogP contribution < -0.4 is 5.73 Å². The maximum atomic E-state index is 5.64. The van der Waals surface area contributed by atoms with Gasteiger partial charge in [0.1, 0.15) is 0 Å². The third-order valence-electron chi connectivity index (χ3n) is 2.45. The highest BCUT2D eigenvalue weighted by Gasteiger charge is 2.13. The van der Waals surface area contributed by atoms with Gasteiger partial charge in [0.05, 0.1) is 0 Å². The van der Waals surface area contributed by atoms with E-state index in [1.165, 1.54) is 25.9 Å². The molecule has 2 heteroatoms. The minimum atomic E-state index is 0.213. The van der Waals surface area contributed by atoms with Gasteiger partial charge < -0.3 is 10.6 Å². The van der Waals surface area contributed by atoms with Crippen molar-refractivity contribution in [3.63, 3.8) is 0 Å². The molecule has 2 N–H and O–H groups in total. The maximum absolute atomic E-state index is 5.64. The number of allylic oxidation sites excluding steroid dienone is 1. The summed E-state index contributed by atoms with van der Waals surface area (Å²) in [5.74, 6) is 0.771. The zero-order chi connectivity index (χ0) is 8.97. The minimum absolute atomic E-state index is 0.213. The van der Waals surface area contributed by atoms with Crippen molar-refractivity contribution in [2.24, 2.45) is 11.7 Å². The van der Waals surface area contributed by atoms with Crippen LogP contribution in [0.25, 0.3) is 0 Å². The Morgan fingerprint density at radius 3 is 2.50 bits per heavy atom. The van der Waals surface area contributed by atoms with E-state index in [-0.39, 0.29) is 6.04 Å². The van der Waals surface area contributed by atoms with Crippen LogP contribution in [0.1, 0.15) is 19.8 Å². The fourth-order valence-corrected chi connectivity index (χ4v) is 1.55. The second-order valence-corrected chi connectivity index (χ2v) is 3.88. The summed E-state index contributed by atoms with van der Waals surface area (Å²) in [7, 11) is 2.19. The van der Waals surface area contributed by atoms with Crippen molar-refractivity contribution in [2.45, 2.75) is 25.8 Å². The predicted octanol–water partition coefficient (Wildman–Crippen LogP) is 1.23. The number of hydrogen-bond acceptors (Lipinski definition) is 2. The van der Waals surface area contributed by atoms with Crippen molar-refractivity contribution in [3.8, 4) is 0 Å². The van der Waals surface area contributed by atoms with E-state index in [2.05, 4.69) is 24.1 Å². The first-order valence-corrected chi connectivity index (χ1v) is 4.81. The highest BCUT2D eigenvalue weighted by molar-refractivity contribution is 4.95. The average molecular weight is 168 g/mol. The van der Waals surface area contributed by atoms with E-state index in [0.717, 1.165) is 5.92 Å². The number of piperidine rings is 1. The molecule has 0 amide bonds. The lowest BCUT2D eigenvalue weighted by Gasteiger charge is -2.27. The van der Waals surface area contributed by atoms with E-state index in [1.54, 1.807) is 0 Å². The van der Waals surface area contributed by atoms with Gasteiger partial charge in [-0.15, -0.1) is 0 Å². The molecular weight excluding hydrogens is 148 g/mol. The van der Waals surface area contributed by atoms with Gasteiger partial charge in [0, 0.05) is 6.04 Å². The van der Waals surface area contributed by atoms with Crippen LogP contribution in [0.4, 0.5) is 0 Å². The van der Waals surface area contributed by atoms with E-state index in [1.807, 2.05) is 6.92 Å². The van der Waals surface area contributed by atoms with Crippen molar-refractivity contribution in [3.05, 3.63) is 12.2 Å². The van der Waals surface area contributed by atoms with Gasteiger partial charge in [0.2, 0.25) is 0 Å². The molecule has 0 spiro atoms. The van der Waals surface area contributed by atoms with Crippen LogP contribution >= 0.6 is 0 Å². The van der Waals surface area contributed by atoms with Crippen molar-refractivity contribution in [1.82, 2.24) is 4.90 Å². The van der Waals surface area contributed by atoms with Gasteiger partial charge in [-0.2, -0.15) is 0 Å². The van der Waals surface area contributed by atoms with Crippen molar-refractivity contribution < 1.29 is 0 Å². The molecule has 70 valence electrons. The van der Waals surface area contributed by atoms with Gasteiger partial charge in [-0.25, -0.2) is 0 Å². The topological polar surface area (TPSA) is 29.3 Å². The molecule has 1 atom stereocenters. The quantitative estimate of drug-likeness (QED) is 0.628. The fraction of sp³-hybridized carbons (Fsp3) is 0.800. The Balaban J connectivity index is 2.26. The molecule has 1 saturated heterocycles. The number of likely N-dealkylation sites (tertiary alicyclic amines) is 1. The highest BCUT2D eigenvalue weighted by atomic mass is 15.1. The smallest absolute Gasteiger partial charge is 0.0194 e. The predicted molar refractivity (Wildman–Crippen MR) is 53.0 cm³/mol. The third-order valence-corrected chi connectivity index (χ3v) is 2.45. The lowest BCUT2D eigenvalue weighted by atomic mass is 9.96. The standard InChI is InChI=1S/C10H20N2/c1-9(11)3-4-10-5-7-12(2)8-6-10/h3-4,9-10H,5-8,11H2,1-2H3/b4-3+. The molecular formula is C10H20N2. The van der Waals surface area contributed by atoms with Crippen molar-refractivity contribution in [2.75, 3.05) is 20.1 Å². The molecule has 0 saturated carbocycles. The number of hydrogen-bond donors (Lipinski definition) is 1. The summed E-state index contributed by atoms with van der Waals surface area (Å²) in [6, 6.07) is 0.213. The molecule has 1 fully saturated rings. The van der Waals surface area contributed by atoms with E-state index in [4.69, 9.17) is 5.73 Å². The van der Waals surface area contributed by atoms with Crippen LogP contribution in [-0.2, 0) is 0 Å². The van der Waals surface area contributed by atoms with E-state index >= 15 is 0 Å². The molecule has 0 aromatic heterocycles. The third kappa shape index (κ3) is 3.37. The summed E-state index contributed by atoms with van der Waals surface area (Å²) < 4.78 is 0. The second kappa shape index (κ2) is 4.63. The normalized spacial score (nSPS) is 24.9. The van der Waals surface area contributed by atoms with Gasteiger partial charge in [0.15, 0.2) is 0 Å². The molecule has 1 rings (SSSR count). The van der Waals surface area contributed by atoms with Crippen LogP contribution in [-0.4, -0.2) is 31.1 Å². The number of rotatable bonds is 2. The molecule has 0 aromatic carbocycles. The summed E-state index contributed by atoms with van der Waals surface area (Å²) in [6.07, 6.45) is 6.99. The van der Waals surface area contributed by atoms with Crippen LogP contribution in [0.15, 0.2) is 12.2 Å². The molecule has 2 nitrogen and oxygen atoms in total. The van der Waals surface area contributed by atoms with Gasteiger partial charge >= 0.3 is 0 Å². The number of nitrogens with zero attached hydrogens (tertiary/aromatic N) is 1. The lowest BCUT2D eigenvalue weighted by molar-refractivity contribution is 0.244. The van der Waals surface area contributed by atoms with E-state index < -0.39 is 0 Å². The molecule has 12 heavy (non-hydrogen) atoms. The molecule has 0 aliphatic carbocycles. The first kappa shape index (κ1) is 9.75. The van der Waals surface area contributed by atoms with Gasteiger partial charge in [-0.3, -0.25) is 0 Å². The zero-order valence-corrected chi connectivity index (χ0v) is 8.16. The Morgan fingerprint density at radius 2 is 2.00 bits per heavy atom. The summed E-state index contributed by atoms with van der Waals surface area (Å²) in [5, 5.41) is 0. The van der Waals surface area contributed by atoms with Crippen LogP contribution in [0.3, 0.4) is 0 Å². The highest BCUT2D eigenvalue weighted by Crippen LogP contribution is 2.16. The van der Waals surface area contributed by atoms with Gasteiger partial charge in [-0.1, -0.05) is 12.2 Å². The first-order chi connectivity index (χ1) is 5.68. The molecule has 0 bridgehead atoms. The SMILES string of the molecule is CC(N)/C=C/C1CCN(C)CC1. The first-order valence-electron chi connectivity index (χ1n) is 4.81. The molecule has 1 heterocycles. The fourth-order valence-electron chi connectivity index (χ4n) is 1.55. The summed E-state index contributed by atoms with van der Waals surface area (Å²) in [4.78, 5) is 2.39. The number of nitrogens with two attached hydrogens (primary N) is 1. The summed E-state index contributed by atoms with van der Waals surface area (Å²) >= 11 is 0. The summed E-state index contributed by atoms with van der Waals surface area (Å²) in [6.45, 7) is 4.48. The second-order valence-electron chi connectivity index (χ2n) is 3.88. The lowest BCUT2D eigenvalue weighted by Crippen LogP contribution is -2.29. The molecule has 1 aliphatic rings. The Bertz CT molecular complexity index is 144. The zero-order valence-electron chi connectivity index (χ0n) is 8.16. The van der Waals surface area contributed by atoms with E-state index in [0.29, 0.717) is 0 Å². The minimum Gasteiger partial charge on any atom is -0.325 e. The Hall–Kier alpha value is -0.340. The van der Waals surface area contributed by atoms with Gasteiger partial charge in [-0.05, 0) is 45.8 Å². The van der Waals surface area contributed by atoms with Crippen molar-refractivity contribution >= 4 is 0 Å². The summed E-state index contributed by atoms with van der Waals surface area (Å²) in [5.41, 5.74) is 5.64. The molecule has 0 radical (unpaired) electrons. The average Bonchev–Trinajstić information content (AvgIpc) is 2.03. The Morgan fingerprint density at radius 1 is 1.42 bits per heavy atom. The molecule has 1 unspecified atom stereocenters. The van der Waals surface area contributed by atoms with Gasteiger partial charge in [0.25, 0.3) is 0 Å². The molecule has 0 aromatic rings. The Kier molecular flexibility index (Phi) is 3.76.